The summed E-state index contributed by atoms with van der Waals surface area (Å²) in [6, 6.07) is 19.8. The maximum Gasteiger partial charge on any atom is 0.213 e. The van der Waals surface area contributed by atoms with Gasteiger partial charge in [0.15, 0.2) is 0 Å². The Hall–Kier alpha value is -3.18. The standard InChI is InChI=1S/C22H17ClN2O3/c23-14-7-10-20(27)17(11-14)18-12-19-16-3-1-2-4-21(16)28-22(25(19)24-18)13-5-8-15(26)9-6-13/h1-11,19,22,26-27H,12H2/t19-,22+/m1/s1. The summed E-state index contributed by atoms with van der Waals surface area (Å²) >= 11 is 6.14. The number of rotatable bonds is 2. The van der Waals surface area contributed by atoms with Crippen molar-refractivity contribution in [3.8, 4) is 17.2 Å². The molecular formula is C22H17ClN2O3. The minimum Gasteiger partial charge on any atom is -0.508 e. The second kappa shape index (κ2) is 6.46. The second-order valence-corrected chi connectivity index (χ2v) is 7.34. The first-order chi connectivity index (χ1) is 13.6. The van der Waals surface area contributed by atoms with Crippen LogP contribution in [0.4, 0.5) is 0 Å². The summed E-state index contributed by atoms with van der Waals surface area (Å²) < 4.78 is 6.26. The molecule has 0 aliphatic carbocycles. The van der Waals surface area contributed by atoms with Crippen LogP contribution in [0.15, 0.2) is 71.8 Å². The predicted octanol–water partition coefficient (Wildman–Crippen LogP) is 4.99. The van der Waals surface area contributed by atoms with Gasteiger partial charge in [0.25, 0.3) is 0 Å². The highest BCUT2D eigenvalue weighted by molar-refractivity contribution is 6.31. The van der Waals surface area contributed by atoms with E-state index < -0.39 is 6.23 Å². The van der Waals surface area contributed by atoms with Crippen LogP contribution in [0.1, 0.15) is 35.4 Å². The quantitative estimate of drug-likeness (QED) is 0.644. The van der Waals surface area contributed by atoms with Crippen molar-refractivity contribution in [1.82, 2.24) is 5.01 Å². The summed E-state index contributed by atoms with van der Waals surface area (Å²) in [5.41, 5.74) is 3.33. The minimum absolute atomic E-state index is 0.0165. The van der Waals surface area contributed by atoms with Gasteiger partial charge in [0.05, 0.1) is 11.8 Å². The van der Waals surface area contributed by atoms with Crippen LogP contribution in [-0.2, 0) is 0 Å². The molecule has 0 fully saturated rings. The number of hydrogen-bond donors (Lipinski definition) is 2. The number of benzene rings is 3. The SMILES string of the molecule is Oc1ccc([C@@H]2Oc3ccccc3[C@H]3CC(c4cc(Cl)ccc4O)=NN32)cc1. The van der Waals surface area contributed by atoms with Gasteiger partial charge in [-0.3, -0.25) is 0 Å². The predicted molar refractivity (Wildman–Crippen MR) is 107 cm³/mol. The Balaban J connectivity index is 1.61. The summed E-state index contributed by atoms with van der Waals surface area (Å²) in [4.78, 5) is 0. The third-order valence-corrected chi connectivity index (χ3v) is 5.38. The minimum atomic E-state index is -0.431. The van der Waals surface area contributed by atoms with E-state index in [2.05, 4.69) is 0 Å². The normalized spacial score (nSPS) is 20.2. The van der Waals surface area contributed by atoms with Gasteiger partial charge < -0.3 is 14.9 Å². The Kier molecular flexibility index (Phi) is 3.91. The molecule has 140 valence electrons. The molecule has 2 N–H and O–H groups in total. The Bertz CT molecular complexity index is 1080. The number of fused-ring (bicyclic) bond motifs is 3. The molecule has 2 aliphatic rings. The van der Waals surface area contributed by atoms with Crippen LogP contribution in [0.2, 0.25) is 5.02 Å². The molecule has 0 saturated heterocycles. The van der Waals surface area contributed by atoms with E-state index in [4.69, 9.17) is 21.4 Å². The maximum atomic E-state index is 10.3. The van der Waals surface area contributed by atoms with Crippen molar-refractivity contribution in [3.05, 3.63) is 88.4 Å². The highest BCUT2D eigenvalue weighted by atomic mass is 35.5. The number of phenols is 2. The third kappa shape index (κ3) is 2.75. The summed E-state index contributed by atoms with van der Waals surface area (Å²) in [6.07, 6.45) is 0.197. The highest BCUT2D eigenvalue weighted by Crippen LogP contribution is 2.48. The number of ether oxygens (including phenoxy) is 1. The summed E-state index contributed by atoms with van der Waals surface area (Å²) in [5, 5.41) is 27.2. The van der Waals surface area contributed by atoms with Gasteiger partial charge in [-0.25, -0.2) is 5.01 Å². The van der Waals surface area contributed by atoms with Gasteiger partial charge >= 0.3 is 0 Å². The van der Waals surface area contributed by atoms with Gasteiger partial charge in [-0.05, 0) is 48.5 Å². The fourth-order valence-electron chi connectivity index (χ4n) is 3.80. The number of aromatic hydroxyl groups is 2. The first-order valence-electron chi connectivity index (χ1n) is 8.99. The van der Waals surface area contributed by atoms with E-state index >= 15 is 0 Å². The Morgan fingerprint density at radius 1 is 1.00 bits per heavy atom. The number of hydrazone groups is 1. The first-order valence-corrected chi connectivity index (χ1v) is 9.37. The van der Waals surface area contributed by atoms with Crippen LogP contribution in [0.3, 0.4) is 0 Å². The summed E-state index contributed by atoms with van der Waals surface area (Å²) in [7, 11) is 0. The molecule has 0 bridgehead atoms. The zero-order chi connectivity index (χ0) is 19.3. The maximum absolute atomic E-state index is 10.3. The molecule has 3 aromatic carbocycles. The molecule has 5 rings (SSSR count). The van der Waals surface area contributed by atoms with Gasteiger partial charge in [0, 0.05) is 28.1 Å². The molecule has 3 aromatic rings. The molecule has 0 saturated carbocycles. The summed E-state index contributed by atoms with van der Waals surface area (Å²) in [6.45, 7) is 0. The molecular weight excluding hydrogens is 376 g/mol. The van der Waals surface area contributed by atoms with Gasteiger partial charge in [0.1, 0.15) is 17.2 Å². The molecule has 2 heterocycles. The fourth-order valence-corrected chi connectivity index (χ4v) is 3.97. The molecule has 0 amide bonds. The smallest absolute Gasteiger partial charge is 0.213 e. The molecule has 6 heteroatoms. The highest BCUT2D eigenvalue weighted by Gasteiger charge is 2.41. The summed E-state index contributed by atoms with van der Waals surface area (Å²) in [5.74, 6) is 1.16. The first kappa shape index (κ1) is 17.0. The molecule has 0 spiro atoms. The molecule has 0 radical (unpaired) electrons. The van der Waals surface area contributed by atoms with Gasteiger partial charge in [0.2, 0.25) is 6.23 Å². The van der Waals surface area contributed by atoms with Crippen molar-refractivity contribution in [1.29, 1.82) is 0 Å². The zero-order valence-corrected chi connectivity index (χ0v) is 15.5. The average molecular weight is 393 g/mol. The molecule has 5 nitrogen and oxygen atoms in total. The van der Waals surface area contributed by atoms with Gasteiger partial charge in [-0.1, -0.05) is 29.8 Å². The van der Waals surface area contributed by atoms with E-state index in [0.717, 1.165) is 22.6 Å². The average Bonchev–Trinajstić information content (AvgIpc) is 3.15. The van der Waals surface area contributed by atoms with Crippen LogP contribution < -0.4 is 4.74 Å². The molecule has 2 atom stereocenters. The van der Waals surface area contributed by atoms with Crippen molar-refractivity contribution < 1.29 is 14.9 Å². The molecule has 0 unspecified atom stereocenters. The largest absolute Gasteiger partial charge is 0.508 e. The lowest BCUT2D eigenvalue weighted by Crippen LogP contribution is -2.33. The molecule has 28 heavy (non-hydrogen) atoms. The van der Waals surface area contributed by atoms with Crippen LogP contribution in [-0.4, -0.2) is 20.9 Å². The van der Waals surface area contributed by atoms with Crippen molar-refractivity contribution in [2.75, 3.05) is 0 Å². The third-order valence-electron chi connectivity index (χ3n) is 5.15. The number of para-hydroxylation sites is 1. The molecule has 2 aliphatic heterocycles. The van der Waals surface area contributed by atoms with Crippen molar-refractivity contribution >= 4 is 17.3 Å². The van der Waals surface area contributed by atoms with Crippen LogP contribution in [0, 0.1) is 0 Å². The Morgan fingerprint density at radius 3 is 2.61 bits per heavy atom. The zero-order valence-electron chi connectivity index (χ0n) is 14.8. The number of halogens is 1. The lowest BCUT2D eigenvalue weighted by atomic mass is 9.95. The van der Waals surface area contributed by atoms with Crippen molar-refractivity contribution in [3.63, 3.8) is 0 Å². The van der Waals surface area contributed by atoms with Crippen molar-refractivity contribution in [2.24, 2.45) is 5.10 Å². The van der Waals surface area contributed by atoms with E-state index in [1.165, 1.54) is 0 Å². The lowest BCUT2D eigenvalue weighted by Gasteiger charge is -2.38. The number of nitrogens with zero attached hydrogens (tertiary/aromatic N) is 2. The van der Waals surface area contributed by atoms with Crippen LogP contribution in [0.5, 0.6) is 17.2 Å². The Labute approximate surface area is 167 Å². The fraction of sp³-hybridized carbons (Fsp3) is 0.136. The Morgan fingerprint density at radius 2 is 1.79 bits per heavy atom. The van der Waals surface area contributed by atoms with Crippen molar-refractivity contribution in [2.45, 2.75) is 18.7 Å². The van der Waals surface area contributed by atoms with E-state index in [9.17, 15) is 10.2 Å². The second-order valence-electron chi connectivity index (χ2n) is 6.91. The van der Waals surface area contributed by atoms with Gasteiger partial charge in [-0.15, -0.1) is 0 Å². The van der Waals surface area contributed by atoms with Crippen LogP contribution in [0.25, 0.3) is 0 Å². The van der Waals surface area contributed by atoms with Gasteiger partial charge in [-0.2, -0.15) is 5.10 Å². The van der Waals surface area contributed by atoms with E-state index in [1.54, 1.807) is 30.3 Å². The number of hydrogen-bond acceptors (Lipinski definition) is 5. The van der Waals surface area contributed by atoms with E-state index in [1.807, 2.05) is 41.4 Å². The number of phenolic OH excluding ortho intramolecular Hbond substituents is 2. The molecule has 0 aromatic heterocycles. The lowest BCUT2D eigenvalue weighted by molar-refractivity contribution is -0.0190. The van der Waals surface area contributed by atoms with E-state index in [0.29, 0.717) is 17.0 Å². The van der Waals surface area contributed by atoms with Crippen LogP contribution >= 0.6 is 11.6 Å². The monoisotopic (exact) mass is 392 g/mol. The topological polar surface area (TPSA) is 65.3 Å². The van der Waals surface area contributed by atoms with E-state index in [-0.39, 0.29) is 17.5 Å².